The van der Waals surface area contributed by atoms with Crippen molar-refractivity contribution >= 4 is 43.8 Å². The molecule has 1 N–H and O–H groups in total. The van der Waals surface area contributed by atoms with Gasteiger partial charge in [0.2, 0.25) is 5.95 Å². The maximum Gasteiger partial charge on any atom is 0.227 e. The number of likely N-dealkylation sites (tertiary alicyclic amines) is 1. The van der Waals surface area contributed by atoms with Crippen LogP contribution < -0.4 is 15.1 Å². The molecule has 5 heterocycles. The van der Waals surface area contributed by atoms with Gasteiger partial charge < -0.3 is 20.0 Å². The van der Waals surface area contributed by atoms with Crippen LogP contribution >= 0.6 is 0 Å². The summed E-state index contributed by atoms with van der Waals surface area (Å²) in [5.41, 5.74) is 4.65. The van der Waals surface area contributed by atoms with Crippen molar-refractivity contribution in [3.8, 4) is 6.07 Å². The summed E-state index contributed by atoms with van der Waals surface area (Å²) in [5, 5.41) is 13.6. The molecule has 0 unspecified atom stereocenters. The number of nitrogens with zero attached hydrogens (tertiary/aromatic N) is 6. The molecule has 4 aliphatic rings. The molecule has 0 bridgehead atoms. The summed E-state index contributed by atoms with van der Waals surface area (Å²) in [6.45, 7) is 5.96. The lowest BCUT2D eigenvalue weighted by Gasteiger charge is -2.60. The van der Waals surface area contributed by atoms with Gasteiger partial charge >= 0.3 is 0 Å². The number of aromatic nitrogens is 2. The van der Waals surface area contributed by atoms with Gasteiger partial charge in [0.25, 0.3) is 0 Å². The molecular formula is C26H27N7O2S. The molecule has 3 aromatic rings. The topological polar surface area (TPSA) is 105 Å². The maximum atomic E-state index is 11.7. The van der Waals surface area contributed by atoms with Gasteiger partial charge in [-0.05, 0) is 43.4 Å². The van der Waals surface area contributed by atoms with Crippen LogP contribution in [0.5, 0.6) is 0 Å². The van der Waals surface area contributed by atoms with Crippen LogP contribution in [0.1, 0.15) is 5.56 Å². The molecule has 0 atom stereocenters. The molecule has 1 aromatic heterocycles. The Hall–Kier alpha value is -3.42. The van der Waals surface area contributed by atoms with Gasteiger partial charge in [0.15, 0.2) is 9.84 Å². The van der Waals surface area contributed by atoms with Gasteiger partial charge in [-0.15, -0.1) is 0 Å². The minimum absolute atomic E-state index is 0.145. The van der Waals surface area contributed by atoms with Gasteiger partial charge in [0.05, 0.1) is 34.3 Å². The Morgan fingerprint density at radius 1 is 0.972 bits per heavy atom. The number of benzene rings is 2. The molecule has 0 saturated carbocycles. The third kappa shape index (κ3) is 3.49. The van der Waals surface area contributed by atoms with Crippen molar-refractivity contribution in [1.29, 1.82) is 5.26 Å². The quantitative estimate of drug-likeness (QED) is 0.576. The number of nitrogens with one attached hydrogen (secondary N) is 1. The van der Waals surface area contributed by atoms with E-state index >= 15 is 0 Å². The molecule has 4 fully saturated rings. The summed E-state index contributed by atoms with van der Waals surface area (Å²) in [6.07, 6.45) is 1.74. The summed E-state index contributed by atoms with van der Waals surface area (Å²) in [6, 6.07) is 14.2. The van der Waals surface area contributed by atoms with Gasteiger partial charge in [0, 0.05) is 73.1 Å². The minimum Gasteiger partial charge on any atom is -0.370 e. The Balaban J connectivity index is 1.09. The van der Waals surface area contributed by atoms with E-state index in [1.165, 1.54) is 18.8 Å². The molecule has 2 spiro atoms. The summed E-state index contributed by atoms with van der Waals surface area (Å²) < 4.78 is 23.4. The lowest BCUT2D eigenvalue weighted by molar-refractivity contribution is -0.00238. The van der Waals surface area contributed by atoms with Gasteiger partial charge in [-0.2, -0.15) is 5.26 Å². The number of hydrogen-bond acceptors (Lipinski definition) is 9. The monoisotopic (exact) mass is 501 g/mol. The van der Waals surface area contributed by atoms with E-state index in [0.29, 0.717) is 30.0 Å². The molecule has 0 amide bonds. The molecule has 10 heteroatoms. The molecular weight excluding hydrogens is 474 g/mol. The van der Waals surface area contributed by atoms with Gasteiger partial charge in [-0.3, -0.25) is 0 Å². The molecule has 0 aliphatic carbocycles. The van der Waals surface area contributed by atoms with Crippen molar-refractivity contribution in [1.82, 2.24) is 14.9 Å². The predicted octanol–water partition coefficient (Wildman–Crippen LogP) is 2.23. The number of fused-ring (bicyclic) bond motifs is 1. The van der Waals surface area contributed by atoms with E-state index < -0.39 is 9.84 Å². The highest BCUT2D eigenvalue weighted by Gasteiger charge is 2.56. The van der Waals surface area contributed by atoms with Gasteiger partial charge in [-0.1, -0.05) is 0 Å². The van der Waals surface area contributed by atoms with E-state index in [1.54, 1.807) is 12.3 Å². The van der Waals surface area contributed by atoms with E-state index in [1.807, 2.05) is 6.07 Å². The van der Waals surface area contributed by atoms with Crippen LogP contribution in [0, 0.1) is 22.2 Å². The zero-order chi connectivity index (χ0) is 24.7. The van der Waals surface area contributed by atoms with Crippen LogP contribution in [-0.4, -0.2) is 81.1 Å². The van der Waals surface area contributed by atoms with Crippen LogP contribution in [0.15, 0.2) is 42.6 Å². The van der Waals surface area contributed by atoms with Gasteiger partial charge in [0.1, 0.15) is 0 Å². The van der Waals surface area contributed by atoms with Gasteiger partial charge in [-0.25, -0.2) is 18.4 Å². The Morgan fingerprint density at radius 3 is 2.31 bits per heavy atom. The van der Waals surface area contributed by atoms with Crippen molar-refractivity contribution in [2.75, 3.05) is 72.9 Å². The molecule has 4 aliphatic heterocycles. The highest BCUT2D eigenvalue weighted by Crippen LogP contribution is 2.45. The molecule has 0 radical (unpaired) electrons. The second-order valence-corrected chi connectivity index (χ2v) is 13.4. The summed E-state index contributed by atoms with van der Waals surface area (Å²) >= 11 is 0. The molecule has 36 heavy (non-hydrogen) atoms. The van der Waals surface area contributed by atoms with Crippen molar-refractivity contribution in [3.63, 3.8) is 0 Å². The van der Waals surface area contributed by atoms with E-state index in [2.05, 4.69) is 62.4 Å². The second-order valence-electron chi connectivity index (χ2n) is 11.3. The summed E-state index contributed by atoms with van der Waals surface area (Å²) in [7, 11) is -0.709. The van der Waals surface area contributed by atoms with E-state index in [-0.39, 0.29) is 16.9 Å². The smallest absolute Gasteiger partial charge is 0.227 e. The molecule has 7 rings (SSSR count). The van der Waals surface area contributed by atoms with Crippen molar-refractivity contribution < 1.29 is 8.42 Å². The highest BCUT2D eigenvalue weighted by molar-refractivity contribution is 7.92. The number of rotatable bonds is 4. The van der Waals surface area contributed by atoms with Crippen LogP contribution in [0.2, 0.25) is 0 Å². The second kappa shape index (κ2) is 7.31. The standard InChI is InChI=1S/C26H27N7O2S/c1-31-10-25(11-31)12-32(13-25)21-4-2-20(3-5-21)29-24-28-9-19-6-18(8-27)7-22(23(19)30-24)33-14-26(15-33)16-36(34,35)17-26/h2-7,9H,10-17H2,1H3,(H,28,29,30). The first-order valence-electron chi connectivity index (χ1n) is 12.2. The lowest BCUT2D eigenvalue weighted by Crippen LogP contribution is -2.71. The Bertz CT molecular complexity index is 1510. The maximum absolute atomic E-state index is 11.7. The van der Waals surface area contributed by atoms with Crippen molar-refractivity contribution in [2.24, 2.45) is 10.8 Å². The first-order chi connectivity index (χ1) is 17.2. The van der Waals surface area contributed by atoms with Crippen LogP contribution in [0.4, 0.5) is 23.0 Å². The number of hydrogen-bond donors (Lipinski definition) is 1. The van der Waals surface area contributed by atoms with Crippen molar-refractivity contribution in [2.45, 2.75) is 0 Å². The van der Waals surface area contributed by atoms with Crippen LogP contribution in [0.3, 0.4) is 0 Å². The first kappa shape index (κ1) is 21.8. The minimum atomic E-state index is -2.88. The third-order valence-electron chi connectivity index (χ3n) is 7.99. The van der Waals surface area contributed by atoms with Crippen LogP contribution in [-0.2, 0) is 9.84 Å². The Kier molecular flexibility index (Phi) is 4.43. The van der Waals surface area contributed by atoms with Crippen molar-refractivity contribution in [3.05, 3.63) is 48.2 Å². The largest absolute Gasteiger partial charge is 0.370 e. The normalized spacial score (nSPS) is 22.9. The number of nitriles is 1. The first-order valence-corrected chi connectivity index (χ1v) is 14.0. The fourth-order valence-electron chi connectivity index (χ4n) is 6.63. The van der Waals surface area contributed by atoms with E-state index in [9.17, 15) is 13.7 Å². The molecule has 9 nitrogen and oxygen atoms in total. The van der Waals surface area contributed by atoms with E-state index in [0.717, 1.165) is 35.4 Å². The summed E-state index contributed by atoms with van der Waals surface area (Å²) in [4.78, 5) is 16.2. The van der Waals surface area contributed by atoms with E-state index in [4.69, 9.17) is 4.98 Å². The number of anilines is 4. The SMILES string of the molecule is CN1CC2(C1)CN(c1ccc(Nc3ncc4cc(C#N)cc(N5CC6(C5)CS(=O)(=O)C6)c4n3)cc1)C2. The Morgan fingerprint density at radius 2 is 1.67 bits per heavy atom. The van der Waals surface area contributed by atoms with Crippen LogP contribution in [0.25, 0.3) is 10.9 Å². The Labute approximate surface area is 210 Å². The molecule has 2 aromatic carbocycles. The molecule has 184 valence electrons. The number of sulfone groups is 1. The summed E-state index contributed by atoms with van der Waals surface area (Å²) in [5.74, 6) is 0.988. The lowest BCUT2D eigenvalue weighted by atomic mass is 9.73. The zero-order valence-electron chi connectivity index (χ0n) is 20.1. The predicted molar refractivity (Wildman–Crippen MR) is 139 cm³/mol. The average Bonchev–Trinajstić information content (AvgIpc) is 2.77. The third-order valence-corrected chi connectivity index (χ3v) is 10.1. The fourth-order valence-corrected chi connectivity index (χ4v) is 8.78. The average molecular weight is 502 g/mol. The highest BCUT2D eigenvalue weighted by atomic mass is 32.2. The fraction of sp³-hybridized carbons (Fsp3) is 0.423. The molecule has 4 saturated heterocycles. The zero-order valence-corrected chi connectivity index (χ0v) is 20.9.